The smallest absolute Gasteiger partial charge is 0.508 e. The number of likely N-dealkylation sites (N-methyl/N-ethyl adjacent to an activating group) is 1. The monoisotopic (exact) mass is 651 g/mol. The number of nitrogens with zero attached hydrogens (tertiary/aromatic N) is 4. The average Bonchev–Trinajstić information content (AvgIpc) is 3.18. The van der Waals surface area contributed by atoms with E-state index in [9.17, 15) is 36.3 Å². The van der Waals surface area contributed by atoms with Gasteiger partial charge in [0.15, 0.2) is 0 Å². The summed E-state index contributed by atoms with van der Waals surface area (Å²) < 4.78 is 70.5. The number of aromatic hydroxyl groups is 1. The molecule has 244 valence electrons. The number of alkyl halides is 3. The van der Waals surface area contributed by atoms with E-state index in [0.29, 0.717) is 29.8 Å². The van der Waals surface area contributed by atoms with Crippen molar-refractivity contribution in [2.45, 2.75) is 38.6 Å². The van der Waals surface area contributed by atoms with Gasteiger partial charge in [-0.1, -0.05) is 12.1 Å². The van der Waals surface area contributed by atoms with Crippen LogP contribution in [0.15, 0.2) is 46.8 Å². The van der Waals surface area contributed by atoms with E-state index in [4.69, 9.17) is 0 Å². The van der Waals surface area contributed by atoms with E-state index >= 15 is 0 Å². The van der Waals surface area contributed by atoms with Crippen molar-refractivity contribution in [1.82, 2.24) is 19.4 Å². The Balaban J connectivity index is 1.58. The summed E-state index contributed by atoms with van der Waals surface area (Å²) in [5, 5.41) is 13.6. The van der Waals surface area contributed by atoms with Crippen LogP contribution in [-0.4, -0.2) is 104 Å². The van der Waals surface area contributed by atoms with Gasteiger partial charge in [-0.15, -0.1) is 13.2 Å². The average molecular weight is 652 g/mol. The number of amidine groups is 1. The van der Waals surface area contributed by atoms with Crippen LogP contribution in [0.4, 0.5) is 13.2 Å². The highest BCUT2D eigenvalue weighted by molar-refractivity contribution is 7.92. The number of hydrogen-bond acceptors (Lipinski definition) is 8. The van der Waals surface area contributed by atoms with Gasteiger partial charge in [-0.05, 0) is 87.8 Å². The van der Waals surface area contributed by atoms with Crippen LogP contribution < -0.4 is 10.1 Å². The van der Waals surface area contributed by atoms with Gasteiger partial charge in [0, 0.05) is 37.2 Å². The van der Waals surface area contributed by atoms with Gasteiger partial charge in [0.05, 0.1) is 0 Å². The van der Waals surface area contributed by atoms with Crippen molar-refractivity contribution in [1.29, 1.82) is 0 Å². The number of amides is 2. The number of hydrogen-bond donors (Lipinski definition) is 2. The van der Waals surface area contributed by atoms with Crippen LogP contribution in [-0.2, 0) is 19.6 Å². The summed E-state index contributed by atoms with van der Waals surface area (Å²) in [5.74, 6) is -1.46. The van der Waals surface area contributed by atoms with Gasteiger partial charge in [0.2, 0.25) is 15.9 Å². The van der Waals surface area contributed by atoms with Gasteiger partial charge in [0.25, 0.3) is 5.91 Å². The van der Waals surface area contributed by atoms with Crippen LogP contribution in [0.1, 0.15) is 35.1 Å². The third-order valence-electron chi connectivity index (χ3n) is 7.62. The van der Waals surface area contributed by atoms with Crippen molar-refractivity contribution in [3.63, 3.8) is 0 Å². The van der Waals surface area contributed by atoms with Crippen molar-refractivity contribution in [2.75, 3.05) is 46.8 Å². The summed E-state index contributed by atoms with van der Waals surface area (Å²) in [5.41, 5.74) is 0.790. The van der Waals surface area contributed by atoms with Crippen LogP contribution in [0, 0.1) is 13.8 Å². The number of ether oxygens (including phenoxy) is 1. The topological polar surface area (TPSA) is 132 Å². The molecule has 0 unspecified atom stereocenters. The van der Waals surface area contributed by atoms with Crippen molar-refractivity contribution >= 4 is 33.7 Å². The summed E-state index contributed by atoms with van der Waals surface area (Å²) in [7, 11) is -0.238. The Morgan fingerprint density at radius 1 is 1.16 bits per heavy atom. The van der Waals surface area contributed by atoms with E-state index in [0.717, 1.165) is 22.4 Å². The first-order valence-electron chi connectivity index (χ1n) is 14.2. The highest BCUT2D eigenvalue weighted by Crippen LogP contribution is 2.37. The van der Waals surface area contributed by atoms with Gasteiger partial charge in [-0.25, -0.2) is 8.42 Å². The third kappa shape index (κ3) is 8.21. The number of piperidine rings is 1. The Labute approximate surface area is 260 Å². The minimum absolute atomic E-state index is 0.00282. The fourth-order valence-corrected chi connectivity index (χ4v) is 6.54. The quantitative estimate of drug-likeness (QED) is 0.404. The lowest BCUT2D eigenvalue weighted by Gasteiger charge is -2.35. The van der Waals surface area contributed by atoms with Crippen LogP contribution >= 0.6 is 0 Å². The van der Waals surface area contributed by atoms with E-state index in [2.05, 4.69) is 15.0 Å². The molecule has 45 heavy (non-hydrogen) atoms. The Morgan fingerprint density at radius 3 is 2.40 bits per heavy atom. The Kier molecular flexibility index (Phi) is 9.94. The first-order chi connectivity index (χ1) is 21.0. The predicted molar refractivity (Wildman–Crippen MR) is 162 cm³/mol. The number of phenolic OH excluding ortho intramolecular Hbond substituents is 1. The molecular weight excluding hydrogens is 615 g/mol. The highest BCUT2D eigenvalue weighted by atomic mass is 32.2. The van der Waals surface area contributed by atoms with Gasteiger partial charge in [-0.2, -0.15) is 4.31 Å². The summed E-state index contributed by atoms with van der Waals surface area (Å²) in [6, 6.07) is 8.05. The summed E-state index contributed by atoms with van der Waals surface area (Å²) in [6.45, 7) is 3.84. The number of carbonyl (C=O) groups is 2. The molecule has 2 amide bonds. The maximum absolute atomic E-state index is 13.9. The van der Waals surface area contributed by atoms with E-state index < -0.39 is 46.0 Å². The molecule has 2 aliphatic heterocycles. The molecule has 0 aromatic heterocycles. The van der Waals surface area contributed by atoms with Gasteiger partial charge in [-0.3, -0.25) is 19.5 Å². The van der Waals surface area contributed by atoms with Gasteiger partial charge >= 0.3 is 6.36 Å². The number of aliphatic imine (C=N–C) groups is 1. The molecule has 0 saturated carbocycles. The SMILES string of the molecule is Cc1cc(O)cc(C)c1/C=C/S(=O)(=O)N1CCC2(CC1)N=C(c1cccc(OC(F)(F)F)c1)N(CC(=O)NCCN(C)C)C2=O. The maximum atomic E-state index is 13.9. The normalized spacial score (nSPS) is 17.4. The zero-order valence-electron chi connectivity index (χ0n) is 25.4. The molecule has 0 atom stereocenters. The number of benzene rings is 2. The molecule has 2 aliphatic rings. The molecule has 11 nitrogen and oxygen atoms in total. The number of nitrogens with one attached hydrogen (secondary N) is 1. The summed E-state index contributed by atoms with van der Waals surface area (Å²) >= 11 is 0. The lowest BCUT2D eigenvalue weighted by Crippen LogP contribution is -2.52. The molecule has 0 radical (unpaired) electrons. The molecule has 15 heteroatoms. The first-order valence-corrected chi connectivity index (χ1v) is 15.7. The van der Waals surface area contributed by atoms with Crippen molar-refractivity contribution < 1.29 is 41.0 Å². The summed E-state index contributed by atoms with van der Waals surface area (Å²) in [6.07, 6.45) is -3.48. The van der Waals surface area contributed by atoms with Gasteiger partial charge < -0.3 is 20.1 Å². The maximum Gasteiger partial charge on any atom is 0.573 e. The van der Waals surface area contributed by atoms with E-state index in [1.54, 1.807) is 13.8 Å². The molecule has 0 aliphatic carbocycles. The molecular formula is C30H36F3N5O6S. The van der Waals surface area contributed by atoms with Crippen LogP contribution in [0.2, 0.25) is 0 Å². The number of aryl methyl sites for hydroxylation is 2. The zero-order valence-corrected chi connectivity index (χ0v) is 26.2. The van der Waals surface area contributed by atoms with Gasteiger partial charge in [0.1, 0.15) is 29.4 Å². The Morgan fingerprint density at radius 2 is 1.80 bits per heavy atom. The first kappa shape index (κ1) is 33.9. The van der Waals surface area contributed by atoms with E-state index in [1.807, 2.05) is 19.0 Å². The Bertz CT molecular complexity index is 1590. The van der Waals surface area contributed by atoms with Crippen LogP contribution in [0.5, 0.6) is 11.5 Å². The van der Waals surface area contributed by atoms with E-state index in [1.165, 1.54) is 34.6 Å². The minimum atomic E-state index is -4.94. The molecule has 2 aromatic carbocycles. The number of carbonyl (C=O) groups excluding carboxylic acids is 2. The predicted octanol–water partition coefficient (Wildman–Crippen LogP) is 3.01. The molecule has 2 heterocycles. The molecule has 4 rings (SSSR count). The second-order valence-electron chi connectivity index (χ2n) is 11.3. The summed E-state index contributed by atoms with van der Waals surface area (Å²) in [4.78, 5) is 34.3. The van der Waals surface area contributed by atoms with Crippen molar-refractivity contribution in [3.05, 3.63) is 64.1 Å². The second kappa shape index (κ2) is 13.2. The van der Waals surface area contributed by atoms with E-state index in [-0.39, 0.29) is 43.1 Å². The molecule has 1 spiro atoms. The number of halogens is 3. The largest absolute Gasteiger partial charge is 0.573 e. The highest BCUT2D eigenvalue weighted by Gasteiger charge is 2.51. The minimum Gasteiger partial charge on any atom is -0.508 e. The fraction of sp³-hybridized carbons (Fsp3) is 0.433. The number of sulfonamides is 1. The standard InChI is InChI=1S/C30H36F3N5O6S/c1-20-16-23(39)17-21(2)25(20)8-15-45(42,43)37-12-9-29(10-13-37)28(41)38(19-26(40)34-11-14-36(3)4)27(35-29)22-6-5-7-24(18-22)44-30(31,32)33/h5-8,15-18,39H,9-14,19H2,1-4H3,(H,34,40)/b15-8+. The number of phenols is 1. The lowest BCUT2D eigenvalue weighted by molar-refractivity contribution is -0.274. The fourth-order valence-electron chi connectivity index (χ4n) is 5.37. The van der Waals surface area contributed by atoms with Crippen LogP contribution in [0.3, 0.4) is 0 Å². The number of rotatable bonds is 10. The molecule has 1 saturated heterocycles. The molecule has 2 N–H and O–H groups in total. The lowest BCUT2D eigenvalue weighted by atomic mass is 9.88. The zero-order chi connectivity index (χ0) is 33.2. The van der Waals surface area contributed by atoms with Crippen LogP contribution in [0.25, 0.3) is 6.08 Å². The molecule has 0 bridgehead atoms. The second-order valence-corrected chi connectivity index (χ2v) is 13.1. The molecule has 1 fully saturated rings. The molecule has 2 aromatic rings. The van der Waals surface area contributed by atoms with Crippen molar-refractivity contribution in [3.8, 4) is 11.5 Å². The van der Waals surface area contributed by atoms with Crippen molar-refractivity contribution in [2.24, 2.45) is 4.99 Å². The third-order valence-corrected chi connectivity index (χ3v) is 9.19. The Hall–Kier alpha value is -3.95.